The first-order valence-electron chi connectivity index (χ1n) is 15.5. The smallest absolute Gasteiger partial charge is 0.357 e. The van der Waals surface area contributed by atoms with Crippen molar-refractivity contribution in [3.8, 4) is 0 Å². The third kappa shape index (κ3) is 8.78. The summed E-state index contributed by atoms with van der Waals surface area (Å²) in [5, 5.41) is 22.8. The van der Waals surface area contributed by atoms with Crippen molar-refractivity contribution in [3.63, 3.8) is 0 Å². The van der Waals surface area contributed by atoms with Crippen molar-refractivity contribution < 1.29 is 124 Å². The van der Waals surface area contributed by atoms with Crippen molar-refractivity contribution in [2.75, 3.05) is 0 Å². The first-order valence-corrected chi connectivity index (χ1v) is 19.3. The molecule has 0 aliphatic carbocycles. The molecule has 0 saturated carbocycles. The summed E-state index contributed by atoms with van der Waals surface area (Å²) in [6, 6.07) is 21.4. The van der Waals surface area contributed by atoms with E-state index in [4.69, 9.17) is 15.1 Å². The van der Waals surface area contributed by atoms with Crippen LogP contribution in [0.4, 0.5) is 87.8 Å². The third-order valence-electron chi connectivity index (χ3n) is 7.59. The van der Waals surface area contributed by atoms with Crippen molar-refractivity contribution in [1.29, 1.82) is 0 Å². The Labute approximate surface area is 344 Å². The summed E-state index contributed by atoms with van der Waals surface area (Å²) in [5.41, 5.74) is 0. The maximum atomic E-state index is 15.4. The highest BCUT2D eigenvalue weighted by atomic mass is 127. The highest BCUT2D eigenvalue weighted by Gasteiger charge is 2.55. The lowest BCUT2D eigenvalue weighted by Crippen LogP contribution is -3.61. The van der Waals surface area contributed by atoms with E-state index in [9.17, 15) is 52.7 Å². The van der Waals surface area contributed by atoms with Crippen molar-refractivity contribution in [3.05, 3.63) is 184 Å². The molecule has 0 aliphatic heterocycles. The third-order valence-corrected chi connectivity index (χ3v) is 14.2. The molecule has 6 aromatic carbocycles. The van der Waals surface area contributed by atoms with Crippen LogP contribution in [-0.2, 0) is 0 Å². The van der Waals surface area contributed by atoms with Gasteiger partial charge in [0.2, 0.25) is 23.3 Å². The molecule has 0 aromatic heterocycles. The largest absolute Gasteiger partial charge is 0.832 e. The summed E-state index contributed by atoms with van der Waals surface area (Å²) in [6.45, 7) is 0. The van der Waals surface area contributed by atoms with Gasteiger partial charge in [-0.05, 0) is 24.3 Å². The monoisotopic (exact) mass is 1040 g/mol. The van der Waals surface area contributed by atoms with Gasteiger partial charge in [-0.2, -0.15) is 0 Å². The van der Waals surface area contributed by atoms with Gasteiger partial charge in [-0.3, -0.25) is 0 Å². The molecule has 0 spiro atoms. The molecular formula is C36H12BF20IO3S. The number of hydrogen-bond acceptors (Lipinski definition) is 3. The lowest BCUT2D eigenvalue weighted by Gasteiger charge is -2.42. The second-order valence-electron chi connectivity index (χ2n) is 11.2. The van der Waals surface area contributed by atoms with E-state index in [0.717, 1.165) is 0 Å². The summed E-state index contributed by atoms with van der Waals surface area (Å²) in [7, 11) is -10.0. The van der Waals surface area contributed by atoms with E-state index >= 15 is 35.1 Å². The van der Waals surface area contributed by atoms with Gasteiger partial charge in [0.15, 0.2) is 100 Å². The number of halogens is 21. The molecule has 0 fully saturated rings. The predicted molar refractivity (Wildman–Crippen MR) is 166 cm³/mol. The minimum absolute atomic E-state index is 0.0287. The molecule has 6 rings (SSSR count). The molecule has 0 radical (unpaired) electrons. The Kier molecular flexibility index (Phi) is 15.6. The Morgan fingerprint density at radius 3 is 0.613 bits per heavy atom. The maximum absolute atomic E-state index is 15.4. The van der Waals surface area contributed by atoms with Crippen LogP contribution in [0.25, 0.3) is 0 Å². The van der Waals surface area contributed by atoms with Crippen molar-refractivity contribution >= 4 is 17.3 Å². The van der Waals surface area contributed by atoms with Crippen molar-refractivity contribution in [1.82, 2.24) is 0 Å². The summed E-state index contributed by atoms with van der Waals surface area (Å²) in [4.78, 5) is -14.2. The van der Waals surface area contributed by atoms with Gasteiger partial charge >= 0.3 is 28.5 Å². The van der Waals surface area contributed by atoms with Gasteiger partial charge in [0.1, 0.15) is 0 Å². The normalized spacial score (nSPS) is 11.5. The molecule has 0 saturated heterocycles. The number of rotatable bonds is 6. The van der Waals surface area contributed by atoms with Gasteiger partial charge in [-0.1, -0.05) is 36.4 Å². The van der Waals surface area contributed by atoms with E-state index in [1.165, 1.54) is 7.14 Å². The minimum atomic E-state index is -7.59. The Morgan fingerprint density at radius 1 is 0.306 bits per heavy atom. The lowest BCUT2D eigenvalue weighted by molar-refractivity contribution is -0.597. The molecule has 62 heavy (non-hydrogen) atoms. The lowest BCUT2D eigenvalue weighted by atomic mass is 10.3. The van der Waals surface area contributed by atoms with Crippen molar-refractivity contribution in [2.45, 2.75) is 19.6 Å². The van der Waals surface area contributed by atoms with E-state index < -0.39 is 153 Å². The molecule has 330 valence electrons. The van der Waals surface area contributed by atoms with E-state index in [1.807, 2.05) is 0 Å². The van der Waals surface area contributed by atoms with Gasteiger partial charge in [-0.15, -0.1) is 10.0 Å². The first-order chi connectivity index (χ1) is 28.9. The Hall–Kier alpha value is -5.06. The van der Waals surface area contributed by atoms with Crippen LogP contribution in [0, 0.1) is 123 Å². The SMILES string of the molecule is Fc1c(F)c(F)c(S(c2c(F)c(F)c(F)c(F)c2F)(c2c(F)c(F)c(F)c(F)c2F)c2c(F)c(F)c(F)c(F)c2F)c(F)c1F.[O-]B(O)O.c1ccc([I+]c2ccccc2)cc1. The summed E-state index contributed by atoms with van der Waals surface area (Å²) in [5.74, 6) is -71.3. The number of hydrogen-bond donors (Lipinski definition) is 2. The van der Waals surface area contributed by atoms with Crippen LogP contribution in [0.3, 0.4) is 0 Å². The number of benzene rings is 6. The Bertz CT molecular complexity index is 2240. The average molecular weight is 1040 g/mol. The Morgan fingerprint density at radius 2 is 0.452 bits per heavy atom. The van der Waals surface area contributed by atoms with E-state index in [2.05, 4.69) is 60.7 Å². The minimum Gasteiger partial charge on any atom is -0.832 e. The fourth-order valence-electron chi connectivity index (χ4n) is 5.11. The molecule has 0 bridgehead atoms. The van der Waals surface area contributed by atoms with Crippen LogP contribution < -0.4 is 26.2 Å². The fraction of sp³-hybridized carbons (Fsp3) is 0. The van der Waals surface area contributed by atoms with Gasteiger partial charge < -0.3 is 15.1 Å². The molecule has 0 atom stereocenters. The standard InChI is InChI=1S/C24F20S.C12H10I.BH2O3/c25-1-5(29)13(37)21(14(38)6(1)30)45(22-15(39)7(31)2(26)8(32)16(22)40,23-17(41)9(33)3(27)10(34)18(23)42)24-19(43)11(35)4(28)12(36)20(24)44;1-3-7-11(8-4-1)13-12-9-5-2-6-10-12;2-1(3)4/h;1-10H;2-3H/q;+1;-1. The van der Waals surface area contributed by atoms with Crippen LogP contribution in [-0.4, -0.2) is 17.4 Å². The van der Waals surface area contributed by atoms with Crippen LogP contribution >= 0.6 is 10.0 Å². The van der Waals surface area contributed by atoms with Gasteiger partial charge in [0.25, 0.3) is 0 Å². The maximum Gasteiger partial charge on any atom is 0.357 e. The average Bonchev–Trinajstić information content (AvgIpc) is 3.24. The molecular weight excluding hydrogens is 1030 g/mol. The van der Waals surface area contributed by atoms with Gasteiger partial charge in [-0.25, -0.2) is 87.8 Å². The first kappa shape index (κ1) is 49.6. The molecule has 0 aliphatic rings. The predicted octanol–water partition coefficient (Wildman–Crippen LogP) is 6.94. The zero-order valence-electron chi connectivity index (χ0n) is 29.0. The molecule has 3 nitrogen and oxygen atoms in total. The van der Waals surface area contributed by atoms with Crippen molar-refractivity contribution in [2.24, 2.45) is 0 Å². The second kappa shape index (κ2) is 19.6. The van der Waals surface area contributed by atoms with Gasteiger partial charge in [0.05, 0.1) is 19.6 Å². The zero-order chi connectivity index (χ0) is 46.9. The highest BCUT2D eigenvalue weighted by molar-refractivity contribution is 8.34. The summed E-state index contributed by atoms with van der Waals surface area (Å²) < 4.78 is 297. The summed E-state index contributed by atoms with van der Waals surface area (Å²) in [6.07, 6.45) is 0. The van der Waals surface area contributed by atoms with E-state index in [1.54, 1.807) is 0 Å². The van der Waals surface area contributed by atoms with Crippen LogP contribution in [0.15, 0.2) is 80.2 Å². The molecule has 0 amide bonds. The molecule has 0 unspecified atom stereocenters. The molecule has 2 N–H and O–H groups in total. The molecule has 6 aromatic rings. The highest BCUT2D eigenvalue weighted by Crippen LogP contribution is 2.78. The van der Waals surface area contributed by atoms with E-state index in [0.29, 0.717) is 0 Å². The summed E-state index contributed by atoms with van der Waals surface area (Å²) >= 11 is 0.0287. The van der Waals surface area contributed by atoms with Crippen LogP contribution in [0.2, 0.25) is 0 Å². The second-order valence-corrected chi connectivity index (χ2v) is 17.1. The quantitative estimate of drug-likeness (QED) is 0.0626. The molecule has 0 heterocycles. The fourth-order valence-corrected chi connectivity index (χ4v) is 11.5. The van der Waals surface area contributed by atoms with Crippen LogP contribution in [0.5, 0.6) is 0 Å². The topological polar surface area (TPSA) is 63.5 Å². The van der Waals surface area contributed by atoms with Gasteiger partial charge in [0, 0.05) is 0 Å². The van der Waals surface area contributed by atoms with E-state index in [-0.39, 0.29) is 21.2 Å². The Balaban J connectivity index is 0.000000411. The van der Waals surface area contributed by atoms with Crippen LogP contribution in [0.1, 0.15) is 0 Å². The molecule has 26 heteroatoms. The zero-order valence-corrected chi connectivity index (χ0v) is 32.0.